The molecule has 0 aliphatic carbocycles. The van der Waals surface area contributed by atoms with Gasteiger partial charge in [0.1, 0.15) is 4.47 Å². The molecule has 2 aromatic heterocycles. The summed E-state index contributed by atoms with van der Waals surface area (Å²) in [5, 5.41) is 0. The van der Waals surface area contributed by atoms with Gasteiger partial charge in [0.2, 0.25) is 0 Å². The summed E-state index contributed by atoms with van der Waals surface area (Å²) in [5.41, 5.74) is 1.51. The van der Waals surface area contributed by atoms with Crippen LogP contribution in [0.25, 0.3) is 10.7 Å². The van der Waals surface area contributed by atoms with Crippen molar-refractivity contribution in [3.63, 3.8) is 0 Å². The molecule has 0 spiro atoms. The monoisotopic (exact) mass is 257 g/mol. The molecule has 2 rings (SSSR count). The van der Waals surface area contributed by atoms with Crippen LogP contribution < -0.4 is 5.56 Å². The summed E-state index contributed by atoms with van der Waals surface area (Å²) in [4.78, 5) is 22.6. The Balaban J connectivity index is 2.55. The minimum absolute atomic E-state index is 0.182. The van der Waals surface area contributed by atoms with Gasteiger partial charge in [-0.3, -0.25) is 9.78 Å². The lowest BCUT2D eigenvalue weighted by Crippen LogP contribution is -2.08. The largest absolute Gasteiger partial charge is 0.305 e. The van der Waals surface area contributed by atoms with Crippen molar-refractivity contribution in [1.82, 2.24) is 15.0 Å². The summed E-state index contributed by atoms with van der Waals surface area (Å²) in [6.07, 6.45) is 3.14. The van der Waals surface area contributed by atoms with E-state index in [1.807, 2.05) is 0 Å². The number of aromatic nitrogens is 3. The van der Waals surface area contributed by atoms with Crippen molar-refractivity contribution >= 4 is 27.3 Å². The van der Waals surface area contributed by atoms with Crippen molar-refractivity contribution in [3.05, 3.63) is 32.7 Å². The van der Waals surface area contributed by atoms with E-state index < -0.39 is 0 Å². The molecule has 0 atom stereocenters. The van der Waals surface area contributed by atoms with Crippen LogP contribution in [0.15, 0.2) is 27.2 Å². The molecule has 0 aromatic carbocycles. The molecule has 0 aliphatic rings. The van der Waals surface area contributed by atoms with Crippen molar-refractivity contribution in [2.75, 3.05) is 0 Å². The van der Waals surface area contributed by atoms with Gasteiger partial charge in [-0.1, -0.05) is 0 Å². The van der Waals surface area contributed by atoms with Gasteiger partial charge in [-0.25, -0.2) is 4.98 Å². The van der Waals surface area contributed by atoms with Crippen molar-refractivity contribution in [2.24, 2.45) is 0 Å². The van der Waals surface area contributed by atoms with Crippen LogP contribution in [0.2, 0.25) is 0 Å². The first-order valence-corrected chi connectivity index (χ1v) is 5.08. The molecule has 0 aliphatic heterocycles. The summed E-state index contributed by atoms with van der Waals surface area (Å²) in [6, 6.07) is 0. The molecule has 2 aromatic rings. The Morgan fingerprint density at radius 1 is 1.46 bits per heavy atom. The van der Waals surface area contributed by atoms with E-state index in [2.05, 4.69) is 30.9 Å². The molecule has 0 saturated heterocycles. The van der Waals surface area contributed by atoms with Gasteiger partial charge < -0.3 is 4.98 Å². The Hall–Kier alpha value is -1.01. The number of aromatic amines is 1. The highest BCUT2D eigenvalue weighted by Gasteiger charge is 2.03. The smallest absolute Gasteiger partial charge is 0.265 e. The number of halogens is 1. The summed E-state index contributed by atoms with van der Waals surface area (Å²) in [5.74, 6) is 0.552. The highest BCUT2D eigenvalue weighted by molar-refractivity contribution is 9.10. The Morgan fingerprint density at radius 2 is 2.31 bits per heavy atom. The van der Waals surface area contributed by atoms with E-state index >= 15 is 0 Å². The van der Waals surface area contributed by atoms with Gasteiger partial charge in [0.15, 0.2) is 5.82 Å². The molecular formula is C7H4BrN3OS. The molecule has 66 valence electrons. The molecular weight excluding hydrogens is 254 g/mol. The molecule has 0 unspecified atom stereocenters. The average Bonchev–Trinajstić information content (AvgIpc) is 2.62. The van der Waals surface area contributed by atoms with Gasteiger partial charge in [0.05, 0.1) is 10.4 Å². The molecule has 6 heteroatoms. The van der Waals surface area contributed by atoms with Gasteiger partial charge >= 0.3 is 0 Å². The topological polar surface area (TPSA) is 58.6 Å². The highest BCUT2D eigenvalue weighted by Crippen LogP contribution is 2.17. The number of hydrogen-bond acceptors (Lipinski definition) is 4. The van der Waals surface area contributed by atoms with Crippen molar-refractivity contribution in [1.29, 1.82) is 0 Å². The molecule has 13 heavy (non-hydrogen) atoms. The van der Waals surface area contributed by atoms with E-state index in [1.54, 1.807) is 11.7 Å². The normalized spacial score (nSPS) is 10.2. The zero-order chi connectivity index (χ0) is 9.26. The van der Waals surface area contributed by atoms with Crippen LogP contribution in [0.5, 0.6) is 0 Å². The summed E-state index contributed by atoms with van der Waals surface area (Å²) in [6.45, 7) is 0. The van der Waals surface area contributed by atoms with Crippen LogP contribution in [0.4, 0.5) is 0 Å². The quantitative estimate of drug-likeness (QED) is 0.846. The maximum absolute atomic E-state index is 11.2. The van der Waals surface area contributed by atoms with Crippen LogP contribution in [0, 0.1) is 0 Å². The Morgan fingerprint density at radius 3 is 2.92 bits per heavy atom. The lowest BCUT2D eigenvalue weighted by molar-refractivity contribution is 1.11. The molecule has 0 amide bonds. The minimum atomic E-state index is -0.182. The fourth-order valence-corrected chi connectivity index (χ4v) is 1.61. The zero-order valence-corrected chi connectivity index (χ0v) is 8.72. The van der Waals surface area contributed by atoms with Crippen LogP contribution >= 0.6 is 27.3 Å². The average molecular weight is 258 g/mol. The Bertz CT molecular complexity index is 465. The van der Waals surface area contributed by atoms with Crippen molar-refractivity contribution in [3.8, 4) is 10.7 Å². The Labute approximate surface area is 85.8 Å². The van der Waals surface area contributed by atoms with Gasteiger partial charge in [-0.2, -0.15) is 0 Å². The molecule has 4 nitrogen and oxygen atoms in total. The van der Waals surface area contributed by atoms with Gasteiger partial charge in [-0.05, 0) is 15.9 Å². The zero-order valence-electron chi connectivity index (χ0n) is 6.32. The van der Waals surface area contributed by atoms with E-state index in [0.717, 1.165) is 4.88 Å². The maximum atomic E-state index is 11.2. The first-order valence-electron chi connectivity index (χ1n) is 3.41. The second-order valence-electron chi connectivity index (χ2n) is 2.27. The molecule has 2 heterocycles. The van der Waals surface area contributed by atoms with Crippen LogP contribution in [-0.2, 0) is 0 Å². The number of rotatable bonds is 1. The van der Waals surface area contributed by atoms with Crippen molar-refractivity contribution in [2.45, 2.75) is 0 Å². The molecule has 0 radical (unpaired) electrons. The molecule has 0 saturated carbocycles. The second-order valence-corrected chi connectivity index (χ2v) is 4.02. The predicted molar refractivity (Wildman–Crippen MR) is 53.7 cm³/mol. The standard InChI is InChI=1S/C7H4BrN3OS/c8-4-1-10-6(11-7(4)12)5-2-9-3-13-5/h1-3H,(H,10,11,12). The Kier molecular flexibility index (Phi) is 2.24. The van der Waals surface area contributed by atoms with Gasteiger partial charge in [0.25, 0.3) is 5.56 Å². The third kappa shape index (κ3) is 1.68. The number of H-pyrrole nitrogens is 1. The van der Waals surface area contributed by atoms with Crippen LogP contribution in [0.1, 0.15) is 0 Å². The van der Waals surface area contributed by atoms with Gasteiger partial charge in [-0.15, -0.1) is 11.3 Å². The SMILES string of the molecule is O=c1[nH]c(-c2cncs2)ncc1Br. The maximum Gasteiger partial charge on any atom is 0.265 e. The number of thiazole rings is 1. The third-order valence-electron chi connectivity index (χ3n) is 1.42. The van der Waals surface area contributed by atoms with E-state index in [9.17, 15) is 4.79 Å². The summed E-state index contributed by atoms with van der Waals surface area (Å²) in [7, 11) is 0. The lowest BCUT2D eigenvalue weighted by atomic mass is 10.5. The van der Waals surface area contributed by atoms with Gasteiger partial charge in [0, 0.05) is 12.4 Å². The van der Waals surface area contributed by atoms with E-state index in [1.165, 1.54) is 17.5 Å². The first-order chi connectivity index (χ1) is 6.27. The van der Waals surface area contributed by atoms with E-state index in [-0.39, 0.29) is 5.56 Å². The van der Waals surface area contributed by atoms with E-state index in [0.29, 0.717) is 10.3 Å². The van der Waals surface area contributed by atoms with Crippen LogP contribution in [0.3, 0.4) is 0 Å². The predicted octanol–water partition coefficient (Wildman–Crippen LogP) is 1.66. The summed E-state index contributed by atoms with van der Waals surface area (Å²) >= 11 is 4.51. The fourth-order valence-electron chi connectivity index (χ4n) is 0.837. The van der Waals surface area contributed by atoms with Crippen LogP contribution in [-0.4, -0.2) is 15.0 Å². The first kappa shape index (κ1) is 8.58. The second kappa shape index (κ2) is 3.39. The lowest BCUT2D eigenvalue weighted by Gasteiger charge is -1.94. The highest BCUT2D eigenvalue weighted by atomic mass is 79.9. The number of nitrogens with one attached hydrogen (secondary N) is 1. The molecule has 1 N–H and O–H groups in total. The van der Waals surface area contributed by atoms with Crippen molar-refractivity contribution < 1.29 is 0 Å². The molecule has 0 fully saturated rings. The fraction of sp³-hybridized carbons (Fsp3) is 0. The van der Waals surface area contributed by atoms with E-state index in [4.69, 9.17) is 0 Å². The third-order valence-corrected chi connectivity index (χ3v) is 2.77. The summed E-state index contributed by atoms with van der Waals surface area (Å²) < 4.78 is 0.431. The minimum Gasteiger partial charge on any atom is -0.305 e. The molecule has 0 bridgehead atoms. The number of hydrogen-bond donors (Lipinski definition) is 1. The number of nitrogens with zero attached hydrogens (tertiary/aromatic N) is 2.